The molecule has 0 aliphatic carbocycles. The van der Waals surface area contributed by atoms with Crippen molar-refractivity contribution in [2.24, 2.45) is 5.92 Å². The number of hydrogen-bond donors (Lipinski definition) is 3. The highest BCUT2D eigenvalue weighted by Crippen LogP contribution is 2.26. The van der Waals surface area contributed by atoms with Crippen LogP contribution < -0.4 is 10.6 Å². The molecule has 28 heavy (non-hydrogen) atoms. The number of carbonyl (C=O) groups is 2. The number of nitrogens with zero attached hydrogens (tertiary/aromatic N) is 2. The Morgan fingerprint density at radius 3 is 2.68 bits per heavy atom. The molecule has 3 rings (SSSR count). The van der Waals surface area contributed by atoms with Crippen LogP contribution >= 0.6 is 11.3 Å². The average molecular weight is 401 g/mol. The maximum Gasteiger partial charge on any atom is 0.251 e. The van der Waals surface area contributed by atoms with Gasteiger partial charge in [-0.15, -0.1) is 0 Å². The van der Waals surface area contributed by atoms with Crippen molar-refractivity contribution in [1.29, 1.82) is 0 Å². The normalized spacial score (nSPS) is 12.3. The molecule has 2 amide bonds. The van der Waals surface area contributed by atoms with E-state index >= 15 is 0 Å². The number of aliphatic hydroxyl groups is 1. The first-order valence-electron chi connectivity index (χ1n) is 9.21. The molecule has 7 nitrogen and oxygen atoms in total. The first-order valence-corrected chi connectivity index (χ1v) is 10.0. The van der Waals surface area contributed by atoms with E-state index in [0.29, 0.717) is 12.0 Å². The number of amides is 2. The number of fused-ring (bicyclic) bond motifs is 1. The number of rotatable bonds is 8. The molecule has 2 aromatic heterocycles. The van der Waals surface area contributed by atoms with Gasteiger partial charge >= 0.3 is 0 Å². The van der Waals surface area contributed by atoms with Crippen LogP contribution in [0.25, 0.3) is 15.3 Å². The molecule has 0 bridgehead atoms. The predicted molar refractivity (Wildman–Crippen MR) is 110 cm³/mol. The molecular formula is C20H24N4O3S. The minimum Gasteiger partial charge on any atom is -0.395 e. The molecule has 0 saturated carbocycles. The Morgan fingerprint density at radius 1 is 1.25 bits per heavy atom. The zero-order valence-corrected chi connectivity index (χ0v) is 16.7. The Hall–Kier alpha value is -2.71. The van der Waals surface area contributed by atoms with Crippen LogP contribution in [-0.2, 0) is 4.79 Å². The lowest BCUT2D eigenvalue weighted by Crippen LogP contribution is -2.48. The summed E-state index contributed by atoms with van der Waals surface area (Å²) >= 11 is 1.50. The molecule has 3 aromatic rings. The van der Waals surface area contributed by atoms with Crippen LogP contribution in [0.1, 0.15) is 30.6 Å². The van der Waals surface area contributed by atoms with Gasteiger partial charge in [0, 0.05) is 24.5 Å². The minimum atomic E-state index is -0.647. The summed E-state index contributed by atoms with van der Waals surface area (Å²) in [5.41, 5.74) is 1.31. The van der Waals surface area contributed by atoms with Crippen LogP contribution in [0, 0.1) is 5.92 Å². The van der Waals surface area contributed by atoms with Crippen molar-refractivity contribution in [3.63, 3.8) is 0 Å². The molecule has 0 unspecified atom stereocenters. The van der Waals surface area contributed by atoms with E-state index in [9.17, 15) is 9.59 Å². The SMILES string of the molecule is CC(C)C[C@H](NC(=O)c1ccc2nc(-n3cccc3)sc2c1)C(=O)NCCO. The molecule has 0 saturated heterocycles. The summed E-state index contributed by atoms with van der Waals surface area (Å²) < 4.78 is 2.83. The first-order chi connectivity index (χ1) is 13.5. The van der Waals surface area contributed by atoms with E-state index in [0.717, 1.165) is 15.3 Å². The summed E-state index contributed by atoms with van der Waals surface area (Å²) in [5, 5.41) is 15.2. The molecule has 8 heteroatoms. The highest BCUT2D eigenvalue weighted by Gasteiger charge is 2.22. The Labute approximate surface area is 167 Å². The Balaban J connectivity index is 1.77. The summed E-state index contributed by atoms with van der Waals surface area (Å²) in [6.07, 6.45) is 4.36. The van der Waals surface area contributed by atoms with Gasteiger partial charge in [0.1, 0.15) is 6.04 Å². The average Bonchev–Trinajstić information content (AvgIpc) is 3.33. The summed E-state index contributed by atoms with van der Waals surface area (Å²) in [7, 11) is 0. The third-order valence-corrected chi connectivity index (χ3v) is 5.24. The number of aliphatic hydroxyl groups excluding tert-OH is 1. The van der Waals surface area contributed by atoms with Gasteiger partial charge in [0.15, 0.2) is 5.13 Å². The zero-order valence-electron chi connectivity index (χ0n) is 15.9. The standard InChI is InChI=1S/C20H24N4O3S/c1-13(2)11-16(19(27)21-7-10-25)22-18(26)14-5-6-15-17(12-14)28-20(23-15)24-8-3-4-9-24/h3-6,8-9,12-13,16,25H,7,10-11H2,1-2H3,(H,21,27)(H,22,26)/t16-/m0/s1. The molecule has 3 N–H and O–H groups in total. The van der Waals surface area contributed by atoms with E-state index in [1.54, 1.807) is 12.1 Å². The van der Waals surface area contributed by atoms with Crippen molar-refractivity contribution in [2.75, 3.05) is 13.2 Å². The number of carbonyl (C=O) groups excluding carboxylic acids is 2. The monoisotopic (exact) mass is 400 g/mol. The minimum absolute atomic E-state index is 0.139. The number of aromatic nitrogens is 2. The van der Waals surface area contributed by atoms with Gasteiger partial charge in [-0.25, -0.2) is 4.98 Å². The fourth-order valence-corrected chi connectivity index (χ4v) is 3.84. The van der Waals surface area contributed by atoms with Crippen LogP contribution in [0.4, 0.5) is 0 Å². The van der Waals surface area contributed by atoms with Gasteiger partial charge in [-0.3, -0.25) is 9.59 Å². The smallest absolute Gasteiger partial charge is 0.251 e. The highest BCUT2D eigenvalue weighted by molar-refractivity contribution is 7.20. The van der Waals surface area contributed by atoms with Crippen LogP contribution in [-0.4, -0.2) is 45.7 Å². The Bertz CT molecular complexity index is 950. The summed E-state index contributed by atoms with van der Waals surface area (Å²) in [6, 6.07) is 8.55. The molecule has 0 aliphatic heterocycles. The van der Waals surface area contributed by atoms with Crippen molar-refractivity contribution >= 4 is 33.4 Å². The third-order valence-electron chi connectivity index (χ3n) is 4.20. The van der Waals surface area contributed by atoms with Crippen molar-refractivity contribution in [3.8, 4) is 5.13 Å². The van der Waals surface area contributed by atoms with Gasteiger partial charge in [-0.05, 0) is 42.7 Å². The van der Waals surface area contributed by atoms with Crippen LogP contribution in [0.3, 0.4) is 0 Å². The summed E-state index contributed by atoms with van der Waals surface area (Å²) in [6.45, 7) is 4.01. The first kappa shape index (κ1) is 20.0. The second-order valence-electron chi connectivity index (χ2n) is 6.94. The topological polar surface area (TPSA) is 96.2 Å². The molecule has 2 heterocycles. The molecule has 0 radical (unpaired) electrons. The van der Waals surface area contributed by atoms with Gasteiger partial charge in [0.2, 0.25) is 5.91 Å². The quantitative estimate of drug-likeness (QED) is 0.541. The number of hydrogen-bond acceptors (Lipinski definition) is 5. The van der Waals surface area contributed by atoms with E-state index in [1.807, 2.05) is 49.0 Å². The molecule has 0 aliphatic rings. The maximum absolute atomic E-state index is 12.7. The van der Waals surface area contributed by atoms with E-state index in [4.69, 9.17) is 5.11 Å². The molecule has 1 atom stereocenters. The van der Waals surface area contributed by atoms with Gasteiger partial charge in [0.05, 0.1) is 16.8 Å². The number of benzene rings is 1. The molecule has 0 spiro atoms. The van der Waals surface area contributed by atoms with Gasteiger partial charge in [-0.1, -0.05) is 25.2 Å². The van der Waals surface area contributed by atoms with E-state index in [1.165, 1.54) is 11.3 Å². The Kier molecular flexibility index (Phi) is 6.43. The van der Waals surface area contributed by atoms with Gasteiger partial charge in [-0.2, -0.15) is 0 Å². The predicted octanol–water partition coefficient (Wildman–Crippen LogP) is 2.34. The van der Waals surface area contributed by atoms with E-state index in [-0.39, 0.29) is 30.9 Å². The van der Waals surface area contributed by atoms with Crippen LogP contribution in [0.15, 0.2) is 42.7 Å². The second-order valence-corrected chi connectivity index (χ2v) is 7.95. The fourth-order valence-electron chi connectivity index (χ4n) is 2.87. The van der Waals surface area contributed by atoms with Crippen LogP contribution in [0.5, 0.6) is 0 Å². The lowest BCUT2D eigenvalue weighted by atomic mass is 10.0. The van der Waals surface area contributed by atoms with Crippen molar-refractivity contribution in [1.82, 2.24) is 20.2 Å². The maximum atomic E-state index is 12.7. The molecule has 1 aromatic carbocycles. The largest absolute Gasteiger partial charge is 0.395 e. The second kappa shape index (κ2) is 8.99. The third kappa shape index (κ3) is 4.76. The summed E-state index contributed by atoms with van der Waals surface area (Å²) in [4.78, 5) is 29.6. The highest BCUT2D eigenvalue weighted by atomic mass is 32.1. The van der Waals surface area contributed by atoms with E-state index in [2.05, 4.69) is 15.6 Å². The van der Waals surface area contributed by atoms with Gasteiger partial charge < -0.3 is 20.3 Å². The Morgan fingerprint density at radius 2 is 2.00 bits per heavy atom. The molecule has 0 fully saturated rings. The molecule has 148 valence electrons. The lowest BCUT2D eigenvalue weighted by molar-refractivity contribution is -0.123. The fraction of sp³-hybridized carbons (Fsp3) is 0.350. The van der Waals surface area contributed by atoms with E-state index < -0.39 is 6.04 Å². The van der Waals surface area contributed by atoms with Crippen molar-refractivity contribution < 1.29 is 14.7 Å². The number of nitrogens with one attached hydrogen (secondary N) is 2. The summed E-state index contributed by atoms with van der Waals surface area (Å²) in [5.74, 6) is -0.356. The van der Waals surface area contributed by atoms with Gasteiger partial charge in [0.25, 0.3) is 5.91 Å². The zero-order chi connectivity index (χ0) is 20.1. The van der Waals surface area contributed by atoms with Crippen molar-refractivity contribution in [3.05, 3.63) is 48.3 Å². The lowest BCUT2D eigenvalue weighted by Gasteiger charge is -2.20. The van der Waals surface area contributed by atoms with Crippen LogP contribution in [0.2, 0.25) is 0 Å². The number of thiazole rings is 1. The van der Waals surface area contributed by atoms with Crippen molar-refractivity contribution in [2.45, 2.75) is 26.3 Å². The molecular weight excluding hydrogens is 376 g/mol.